The first kappa shape index (κ1) is 33.4. The van der Waals surface area contributed by atoms with Crippen molar-refractivity contribution in [3.05, 3.63) is 48.2 Å². The Bertz CT molecular complexity index is 1330. The molecule has 0 bridgehead atoms. The molecule has 1 aromatic carbocycles. The van der Waals surface area contributed by atoms with Crippen LogP contribution in [0.4, 0.5) is 10.5 Å². The molecular formula is C30H42N5O8P. The number of nitrogens with one attached hydrogen (secondary N) is 1. The summed E-state index contributed by atoms with van der Waals surface area (Å²) in [5.74, 6) is -1.41. The third-order valence-electron chi connectivity index (χ3n) is 7.88. The highest BCUT2D eigenvalue weighted by atomic mass is 31.2. The van der Waals surface area contributed by atoms with E-state index < -0.39 is 37.7 Å². The number of unbranched alkanes of at least 4 members (excludes halogenated alkanes) is 1. The number of aliphatic hydroxyl groups excluding tert-OH is 1. The van der Waals surface area contributed by atoms with Crippen LogP contribution >= 0.6 is 7.60 Å². The molecule has 0 radical (unpaired) electrons. The van der Waals surface area contributed by atoms with Crippen molar-refractivity contribution in [2.24, 2.45) is 0 Å². The van der Waals surface area contributed by atoms with Crippen LogP contribution in [0.3, 0.4) is 0 Å². The van der Waals surface area contributed by atoms with Crippen LogP contribution < -0.4 is 10.2 Å². The molecular weight excluding hydrogens is 589 g/mol. The standard InChI is InChI=1S/C30H42N5O8P/c1-2-3-17-43-30(39)34-15-13-33(14-16-34)29(38)27(21-44(40,41)42)32-28(37)26-19-24(35-12-8-7-11-23(35)20-36)18-25(31-26)22-9-5-4-6-10-22/h4-6,9-10,18-19,23,27,36H,2-3,7-8,11-17,20-21H2,1H3,(H,32,37)(H2,40,41,42)/t23-,27?/m1/s1. The van der Waals surface area contributed by atoms with E-state index in [0.717, 1.165) is 37.7 Å². The number of amides is 3. The zero-order valence-corrected chi connectivity index (χ0v) is 25.9. The van der Waals surface area contributed by atoms with Crippen molar-refractivity contribution < 1.29 is 38.6 Å². The first-order valence-corrected chi connectivity index (χ1v) is 16.9. The molecule has 2 aliphatic heterocycles. The van der Waals surface area contributed by atoms with Crippen LogP contribution in [0.1, 0.15) is 49.5 Å². The molecule has 1 aromatic heterocycles. The first-order chi connectivity index (χ1) is 21.1. The molecule has 3 amide bonds. The molecule has 0 saturated carbocycles. The molecule has 4 rings (SSSR count). The van der Waals surface area contributed by atoms with Gasteiger partial charge in [0, 0.05) is 44.0 Å². The minimum absolute atomic E-state index is 0.0215. The third-order valence-corrected chi connectivity index (χ3v) is 8.72. The van der Waals surface area contributed by atoms with Gasteiger partial charge in [-0.15, -0.1) is 0 Å². The summed E-state index contributed by atoms with van der Waals surface area (Å²) >= 11 is 0. The number of piperazine rings is 1. The van der Waals surface area contributed by atoms with E-state index in [1.807, 2.05) is 48.2 Å². The Labute approximate surface area is 257 Å². The fourth-order valence-corrected chi connectivity index (χ4v) is 6.19. The van der Waals surface area contributed by atoms with Crippen LogP contribution in [0.5, 0.6) is 0 Å². The SMILES string of the molecule is CCCCOC(=O)N1CCN(C(=O)C(CP(=O)(O)O)NC(=O)c2cc(N3CCCC[C@@H]3CO)cc(-c3ccccc3)n2)CC1. The Balaban J connectivity index is 1.55. The third kappa shape index (κ3) is 9.01. The largest absolute Gasteiger partial charge is 0.449 e. The quantitative estimate of drug-likeness (QED) is 0.213. The molecule has 2 atom stereocenters. The number of anilines is 1. The van der Waals surface area contributed by atoms with E-state index >= 15 is 0 Å². The van der Waals surface area contributed by atoms with Crippen LogP contribution in [-0.2, 0) is 14.1 Å². The first-order valence-electron chi connectivity index (χ1n) is 15.1. The van der Waals surface area contributed by atoms with Crippen LogP contribution in [-0.4, -0.2) is 112 Å². The molecule has 4 N–H and O–H groups in total. The Morgan fingerprint density at radius 3 is 2.41 bits per heavy atom. The van der Waals surface area contributed by atoms with Crippen molar-refractivity contribution in [1.82, 2.24) is 20.1 Å². The van der Waals surface area contributed by atoms with Gasteiger partial charge in [-0.05, 0) is 37.8 Å². The van der Waals surface area contributed by atoms with Crippen molar-refractivity contribution in [3.8, 4) is 11.3 Å². The molecule has 14 heteroatoms. The summed E-state index contributed by atoms with van der Waals surface area (Å²) in [4.78, 5) is 68.4. The average molecular weight is 632 g/mol. The lowest BCUT2D eigenvalue weighted by atomic mass is 10.0. The Hall–Kier alpha value is -3.51. The maximum atomic E-state index is 13.6. The van der Waals surface area contributed by atoms with Crippen molar-refractivity contribution in [2.45, 2.75) is 51.1 Å². The topological polar surface area (TPSA) is 173 Å². The number of nitrogens with zero attached hydrogens (tertiary/aromatic N) is 4. The highest BCUT2D eigenvalue weighted by Crippen LogP contribution is 2.35. The van der Waals surface area contributed by atoms with E-state index in [9.17, 15) is 33.8 Å². The normalized spacial score (nSPS) is 18.1. The lowest BCUT2D eigenvalue weighted by molar-refractivity contribution is -0.134. The van der Waals surface area contributed by atoms with Crippen LogP contribution in [0.2, 0.25) is 0 Å². The number of aromatic nitrogens is 1. The summed E-state index contributed by atoms with van der Waals surface area (Å²) in [7, 11) is -4.72. The van der Waals surface area contributed by atoms with E-state index in [1.54, 1.807) is 6.07 Å². The minimum atomic E-state index is -4.72. The van der Waals surface area contributed by atoms with Crippen molar-refractivity contribution in [1.29, 1.82) is 0 Å². The van der Waals surface area contributed by atoms with Crippen LogP contribution in [0.25, 0.3) is 11.3 Å². The number of benzene rings is 1. The van der Waals surface area contributed by atoms with E-state index in [4.69, 9.17) is 4.74 Å². The second-order valence-corrected chi connectivity index (χ2v) is 12.8. The van der Waals surface area contributed by atoms with Crippen LogP contribution in [0.15, 0.2) is 42.5 Å². The number of piperidine rings is 1. The molecule has 240 valence electrons. The minimum Gasteiger partial charge on any atom is -0.449 e. The van der Waals surface area contributed by atoms with Crippen LogP contribution in [0, 0.1) is 0 Å². The number of ether oxygens (including phenoxy) is 1. The van der Waals surface area contributed by atoms with Gasteiger partial charge in [-0.3, -0.25) is 14.2 Å². The predicted molar refractivity (Wildman–Crippen MR) is 164 cm³/mol. The summed E-state index contributed by atoms with van der Waals surface area (Å²) in [6.45, 7) is 3.57. The number of aliphatic hydroxyl groups is 1. The number of carbonyl (C=O) groups excluding carboxylic acids is 3. The smallest absolute Gasteiger partial charge is 0.409 e. The van der Waals surface area contributed by atoms with Gasteiger partial charge in [0.05, 0.1) is 31.1 Å². The van der Waals surface area contributed by atoms with Gasteiger partial charge >= 0.3 is 13.7 Å². The van der Waals surface area contributed by atoms with Gasteiger partial charge in [-0.1, -0.05) is 43.7 Å². The summed E-state index contributed by atoms with van der Waals surface area (Å²) < 4.78 is 17.3. The van der Waals surface area contributed by atoms with Gasteiger partial charge in [0.1, 0.15) is 11.7 Å². The Kier molecular flexibility index (Phi) is 11.7. The number of carbonyl (C=O) groups is 3. The zero-order valence-electron chi connectivity index (χ0n) is 25.0. The summed E-state index contributed by atoms with van der Waals surface area (Å²) in [6.07, 6.45) is 2.97. The Morgan fingerprint density at radius 1 is 1.05 bits per heavy atom. The highest BCUT2D eigenvalue weighted by Gasteiger charge is 2.35. The lowest BCUT2D eigenvalue weighted by Crippen LogP contribution is -2.56. The van der Waals surface area contributed by atoms with Gasteiger partial charge in [-0.25, -0.2) is 9.78 Å². The molecule has 1 unspecified atom stereocenters. The lowest BCUT2D eigenvalue weighted by Gasteiger charge is -2.37. The fourth-order valence-electron chi connectivity index (χ4n) is 5.47. The molecule has 3 heterocycles. The zero-order chi connectivity index (χ0) is 31.7. The molecule has 2 fully saturated rings. The van der Waals surface area contributed by atoms with Gasteiger partial charge < -0.3 is 39.6 Å². The van der Waals surface area contributed by atoms with Gasteiger partial charge in [0.25, 0.3) is 5.91 Å². The molecule has 13 nitrogen and oxygen atoms in total. The van der Waals surface area contributed by atoms with E-state index in [1.165, 1.54) is 9.80 Å². The van der Waals surface area contributed by atoms with Crippen molar-refractivity contribution in [2.75, 3.05) is 57.0 Å². The van der Waals surface area contributed by atoms with Crippen molar-refractivity contribution >= 4 is 31.2 Å². The van der Waals surface area contributed by atoms with Gasteiger partial charge in [-0.2, -0.15) is 0 Å². The van der Waals surface area contributed by atoms with E-state index in [0.29, 0.717) is 24.5 Å². The number of hydrogen-bond donors (Lipinski definition) is 4. The molecule has 44 heavy (non-hydrogen) atoms. The van der Waals surface area contributed by atoms with Gasteiger partial charge in [0.2, 0.25) is 5.91 Å². The molecule has 0 spiro atoms. The Morgan fingerprint density at radius 2 is 1.75 bits per heavy atom. The molecule has 2 aliphatic rings. The van der Waals surface area contributed by atoms with Gasteiger partial charge in [0.15, 0.2) is 0 Å². The number of hydrogen-bond acceptors (Lipinski definition) is 8. The summed E-state index contributed by atoms with van der Waals surface area (Å²) in [6, 6.07) is 11.1. The predicted octanol–water partition coefficient (Wildman–Crippen LogP) is 2.46. The number of pyridine rings is 1. The molecule has 2 aromatic rings. The van der Waals surface area contributed by atoms with E-state index in [2.05, 4.69) is 10.3 Å². The molecule has 0 aliphatic carbocycles. The fraction of sp³-hybridized carbons (Fsp3) is 0.533. The maximum Gasteiger partial charge on any atom is 0.409 e. The molecule has 2 saturated heterocycles. The highest BCUT2D eigenvalue weighted by molar-refractivity contribution is 7.51. The second kappa shape index (κ2) is 15.5. The van der Waals surface area contributed by atoms with E-state index in [-0.39, 0.29) is 44.5 Å². The monoisotopic (exact) mass is 631 g/mol. The maximum absolute atomic E-state index is 13.6. The second-order valence-electron chi connectivity index (χ2n) is 11.1. The summed E-state index contributed by atoms with van der Waals surface area (Å²) in [5.41, 5.74) is 1.93. The van der Waals surface area contributed by atoms with Crippen molar-refractivity contribution in [3.63, 3.8) is 0 Å². The summed E-state index contributed by atoms with van der Waals surface area (Å²) in [5, 5.41) is 12.5. The number of rotatable bonds is 11. The average Bonchev–Trinajstić information content (AvgIpc) is 3.03.